The molecule has 0 saturated carbocycles. The molecule has 0 bridgehead atoms. The molecule has 0 radical (unpaired) electrons. The molecule has 1 aromatic carbocycles. The monoisotopic (exact) mass is 444 g/mol. The maximum atomic E-state index is 5.86. The lowest BCUT2D eigenvalue weighted by atomic mass is 10.0. The number of hydrogen-bond donors (Lipinski definition) is 2. The van der Waals surface area contributed by atoms with Crippen molar-refractivity contribution >= 4 is 5.96 Å². The summed E-state index contributed by atoms with van der Waals surface area (Å²) in [6.45, 7) is 11.5. The van der Waals surface area contributed by atoms with E-state index in [-0.39, 0.29) is 0 Å². The molecule has 32 heavy (non-hydrogen) atoms. The van der Waals surface area contributed by atoms with Gasteiger partial charge >= 0.3 is 0 Å². The standard InChI is InChI=1S/C26H44N4O2/c1-2-27-26(28-14-7-17-32-22-25-12-18-31-19-13-25)29-20-23-8-10-24(11-9-23)21-30-15-5-3-4-6-16-30/h8-11,25H,2-7,12-22H2,1H3,(H2,27,28,29). The first-order valence-corrected chi connectivity index (χ1v) is 12.8. The first-order chi connectivity index (χ1) is 15.8. The lowest BCUT2D eigenvalue weighted by molar-refractivity contribution is 0.0203. The fourth-order valence-corrected chi connectivity index (χ4v) is 4.36. The van der Waals surface area contributed by atoms with Gasteiger partial charge in [0.15, 0.2) is 5.96 Å². The number of ether oxygens (including phenoxy) is 2. The van der Waals surface area contributed by atoms with Crippen molar-refractivity contribution in [3.8, 4) is 0 Å². The normalized spacial score (nSPS) is 19.0. The smallest absolute Gasteiger partial charge is 0.191 e. The zero-order chi connectivity index (χ0) is 22.3. The number of hydrogen-bond acceptors (Lipinski definition) is 4. The van der Waals surface area contributed by atoms with E-state index in [4.69, 9.17) is 14.5 Å². The van der Waals surface area contributed by atoms with Crippen molar-refractivity contribution < 1.29 is 9.47 Å². The average Bonchev–Trinajstić information content (AvgIpc) is 3.10. The van der Waals surface area contributed by atoms with Crippen LogP contribution in [0.1, 0.15) is 63.0 Å². The molecule has 2 saturated heterocycles. The molecule has 2 fully saturated rings. The summed E-state index contributed by atoms with van der Waals surface area (Å²) in [6.07, 6.45) is 8.71. The van der Waals surface area contributed by atoms with Gasteiger partial charge in [-0.3, -0.25) is 4.90 Å². The fraction of sp³-hybridized carbons (Fsp3) is 0.731. The highest BCUT2D eigenvalue weighted by Crippen LogP contribution is 2.15. The maximum Gasteiger partial charge on any atom is 0.191 e. The molecule has 6 nitrogen and oxygen atoms in total. The van der Waals surface area contributed by atoms with Gasteiger partial charge in [-0.25, -0.2) is 4.99 Å². The Bertz CT molecular complexity index is 636. The summed E-state index contributed by atoms with van der Waals surface area (Å²) < 4.78 is 11.3. The molecule has 0 unspecified atom stereocenters. The second kappa shape index (κ2) is 15.3. The van der Waals surface area contributed by atoms with E-state index in [9.17, 15) is 0 Å². The fourth-order valence-electron chi connectivity index (χ4n) is 4.36. The quantitative estimate of drug-likeness (QED) is 0.307. The predicted octanol–water partition coefficient (Wildman–Crippen LogP) is 3.95. The van der Waals surface area contributed by atoms with E-state index >= 15 is 0 Å². The second-order valence-electron chi connectivity index (χ2n) is 9.11. The largest absolute Gasteiger partial charge is 0.381 e. The molecular weight excluding hydrogens is 400 g/mol. The molecular formula is C26H44N4O2. The van der Waals surface area contributed by atoms with Gasteiger partial charge in [0, 0.05) is 46.1 Å². The maximum absolute atomic E-state index is 5.86. The Morgan fingerprint density at radius 2 is 1.75 bits per heavy atom. The summed E-state index contributed by atoms with van der Waals surface area (Å²) >= 11 is 0. The SMILES string of the molecule is CCNC(=NCc1ccc(CN2CCCCCC2)cc1)NCCCOCC1CCOCC1. The Balaban J connectivity index is 1.34. The summed E-state index contributed by atoms with van der Waals surface area (Å²) in [5.74, 6) is 1.55. The average molecular weight is 445 g/mol. The third-order valence-corrected chi connectivity index (χ3v) is 6.34. The van der Waals surface area contributed by atoms with Gasteiger partial charge in [0.2, 0.25) is 0 Å². The molecule has 0 spiro atoms. The zero-order valence-corrected chi connectivity index (χ0v) is 20.1. The van der Waals surface area contributed by atoms with Crippen LogP contribution in [0.3, 0.4) is 0 Å². The minimum atomic E-state index is 0.673. The van der Waals surface area contributed by atoms with Crippen LogP contribution in [0.15, 0.2) is 29.3 Å². The summed E-state index contributed by atoms with van der Waals surface area (Å²) in [5, 5.41) is 6.78. The van der Waals surface area contributed by atoms with Crippen molar-refractivity contribution in [2.24, 2.45) is 10.9 Å². The molecule has 0 atom stereocenters. The van der Waals surface area contributed by atoms with Crippen LogP contribution in [0, 0.1) is 5.92 Å². The van der Waals surface area contributed by atoms with E-state index in [1.807, 2.05) is 0 Å². The molecule has 2 aliphatic rings. The van der Waals surface area contributed by atoms with E-state index in [1.165, 1.54) is 49.9 Å². The Morgan fingerprint density at radius 3 is 2.47 bits per heavy atom. The van der Waals surface area contributed by atoms with Crippen LogP contribution in [0.4, 0.5) is 0 Å². The van der Waals surface area contributed by atoms with E-state index in [1.54, 1.807) is 0 Å². The minimum Gasteiger partial charge on any atom is -0.381 e. The van der Waals surface area contributed by atoms with Crippen molar-refractivity contribution in [3.63, 3.8) is 0 Å². The van der Waals surface area contributed by atoms with Crippen LogP contribution in [0.2, 0.25) is 0 Å². The van der Waals surface area contributed by atoms with Crippen molar-refractivity contribution in [2.75, 3.05) is 52.6 Å². The number of benzene rings is 1. The van der Waals surface area contributed by atoms with Crippen LogP contribution < -0.4 is 10.6 Å². The molecule has 3 rings (SSSR count). The van der Waals surface area contributed by atoms with Crippen LogP contribution in [0.25, 0.3) is 0 Å². The molecule has 0 aliphatic carbocycles. The van der Waals surface area contributed by atoms with E-state index < -0.39 is 0 Å². The van der Waals surface area contributed by atoms with Gasteiger partial charge in [0.05, 0.1) is 6.54 Å². The molecule has 0 amide bonds. The van der Waals surface area contributed by atoms with Gasteiger partial charge in [-0.2, -0.15) is 0 Å². The van der Waals surface area contributed by atoms with E-state index in [2.05, 4.69) is 46.7 Å². The van der Waals surface area contributed by atoms with Gasteiger partial charge < -0.3 is 20.1 Å². The lowest BCUT2D eigenvalue weighted by Crippen LogP contribution is -2.38. The van der Waals surface area contributed by atoms with Crippen LogP contribution >= 0.6 is 0 Å². The molecule has 2 heterocycles. The second-order valence-corrected chi connectivity index (χ2v) is 9.11. The van der Waals surface area contributed by atoms with Crippen molar-refractivity contribution in [1.29, 1.82) is 0 Å². The Hall–Kier alpha value is -1.63. The molecule has 2 aliphatic heterocycles. The number of nitrogens with zero attached hydrogens (tertiary/aromatic N) is 2. The summed E-state index contributed by atoms with van der Waals surface area (Å²) in [5.41, 5.74) is 2.66. The molecule has 6 heteroatoms. The first-order valence-electron chi connectivity index (χ1n) is 12.8. The van der Waals surface area contributed by atoms with Gasteiger partial charge in [-0.15, -0.1) is 0 Å². The predicted molar refractivity (Wildman–Crippen MR) is 132 cm³/mol. The van der Waals surface area contributed by atoms with E-state index in [0.29, 0.717) is 12.5 Å². The summed E-state index contributed by atoms with van der Waals surface area (Å²) in [7, 11) is 0. The van der Waals surface area contributed by atoms with Gasteiger partial charge in [-0.05, 0) is 69.2 Å². The molecule has 1 aromatic rings. The minimum absolute atomic E-state index is 0.673. The zero-order valence-electron chi connectivity index (χ0n) is 20.1. The lowest BCUT2D eigenvalue weighted by Gasteiger charge is -2.21. The van der Waals surface area contributed by atoms with Gasteiger partial charge in [0.1, 0.15) is 0 Å². The Labute approximate surface area is 195 Å². The van der Waals surface area contributed by atoms with E-state index in [0.717, 1.165) is 71.3 Å². The summed E-state index contributed by atoms with van der Waals surface area (Å²) in [6, 6.07) is 8.99. The van der Waals surface area contributed by atoms with Gasteiger partial charge in [-0.1, -0.05) is 37.1 Å². The van der Waals surface area contributed by atoms with Crippen molar-refractivity contribution in [3.05, 3.63) is 35.4 Å². The number of likely N-dealkylation sites (tertiary alicyclic amines) is 1. The highest BCUT2D eigenvalue weighted by atomic mass is 16.5. The van der Waals surface area contributed by atoms with Crippen LogP contribution in [-0.4, -0.2) is 63.5 Å². The topological polar surface area (TPSA) is 58.1 Å². The third kappa shape index (κ3) is 9.88. The highest BCUT2D eigenvalue weighted by molar-refractivity contribution is 5.79. The molecule has 0 aromatic heterocycles. The van der Waals surface area contributed by atoms with Crippen LogP contribution in [-0.2, 0) is 22.6 Å². The van der Waals surface area contributed by atoms with Gasteiger partial charge in [0.25, 0.3) is 0 Å². The molecule has 2 N–H and O–H groups in total. The molecule has 180 valence electrons. The van der Waals surface area contributed by atoms with Crippen LogP contribution in [0.5, 0.6) is 0 Å². The Morgan fingerprint density at radius 1 is 1.03 bits per heavy atom. The number of guanidine groups is 1. The van der Waals surface area contributed by atoms with Crippen molar-refractivity contribution in [2.45, 2.75) is 65.0 Å². The Kier molecular flexibility index (Phi) is 11.9. The third-order valence-electron chi connectivity index (χ3n) is 6.34. The number of nitrogens with one attached hydrogen (secondary N) is 2. The summed E-state index contributed by atoms with van der Waals surface area (Å²) in [4.78, 5) is 7.36. The first kappa shape index (κ1) is 25.0. The van der Waals surface area contributed by atoms with Crippen molar-refractivity contribution in [1.82, 2.24) is 15.5 Å². The highest BCUT2D eigenvalue weighted by Gasteiger charge is 2.13. The number of aliphatic imine (C=N–C) groups is 1. The number of rotatable bonds is 11.